The average Bonchev–Trinajstić information content (AvgIpc) is 2.82. The number of carboxylic acids is 1. The van der Waals surface area contributed by atoms with E-state index in [0.29, 0.717) is 12.2 Å². The van der Waals surface area contributed by atoms with Crippen molar-refractivity contribution in [3.63, 3.8) is 0 Å². The van der Waals surface area contributed by atoms with Crippen LogP contribution in [0.3, 0.4) is 0 Å². The number of carbonyl (C=O) groups is 2. The third-order valence-electron chi connectivity index (χ3n) is 2.54. The quantitative estimate of drug-likeness (QED) is 0.581. The summed E-state index contributed by atoms with van der Waals surface area (Å²) in [6.45, 7) is 3.60. The Morgan fingerprint density at radius 1 is 1.56 bits per heavy atom. The van der Waals surface area contributed by atoms with Gasteiger partial charge in [-0.05, 0) is 13.3 Å². The minimum absolute atomic E-state index is 0.0980. The second-order valence-electron chi connectivity index (χ2n) is 3.89. The van der Waals surface area contributed by atoms with Crippen LogP contribution in [-0.4, -0.2) is 38.8 Å². The lowest BCUT2D eigenvalue weighted by molar-refractivity contribution is -0.141. The number of aromatic nitrogens is 3. The van der Waals surface area contributed by atoms with Crippen molar-refractivity contribution in [1.29, 1.82) is 0 Å². The van der Waals surface area contributed by atoms with Crippen LogP contribution in [0.15, 0.2) is 6.33 Å². The van der Waals surface area contributed by atoms with Crippen LogP contribution in [0.5, 0.6) is 0 Å². The van der Waals surface area contributed by atoms with Gasteiger partial charge in [-0.25, -0.2) is 9.78 Å². The van der Waals surface area contributed by atoms with E-state index in [4.69, 9.17) is 5.11 Å². The molecule has 0 spiro atoms. The molecule has 8 heteroatoms. The number of hydrogen-bond acceptors (Lipinski definition) is 4. The second-order valence-corrected chi connectivity index (χ2v) is 3.89. The molecular formula is C10H17N5O3. The summed E-state index contributed by atoms with van der Waals surface area (Å²) >= 11 is 0. The predicted molar refractivity (Wildman–Crippen MR) is 62.7 cm³/mol. The maximum atomic E-state index is 11.5. The number of amides is 2. The fraction of sp³-hybridized carbons (Fsp3) is 0.600. The van der Waals surface area contributed by atoms with E-state index >= 15 is 0 Å². The fourth-order valence-corrected chi connectivity index (χ4v) is 1.36. The van der Waals surface area contributed by atoms with E-state index in [1.165, 1.54) is 6.33 Å². The summed E-state index contributed by atoms with van der Waals surface area (Å²) in [6.07, 6.45) is 1.82. The van der Waals surface area contributed by atoms with Gasteiger partial charge >= 0.3 is 12.0 Å². The van der Waals surface area contributed by atoms with Crippen molar-refractivity contribution >= 4 is 12.0 Å². The Labute approximate surface area is 104 Å². The molecule has 0 saturated carbocycles. The Morgan fingerprint density at radius 3 is 2.78 bits per heavy atom. The zero-order valence-electron chi connectivity index (χ0n) is 10.3. The Bertz CT molecular complexity index is 392. The van der Waals surface area contributed by atoms with Crippen molar-refractivity contribution in [2.75, 3.05) is 6.54 Å². The summed E-state index contributed by atoms with van der Waals surface area (Å²) in [4.78, 5) is 26.2. The third kappa shape index (κ3) is 4.04. The maximum Gasteiger partial charge on any atom is 0.315 e. The van der Waals surface area contributed by atoms with Gasteiger partial charge in [0.2, 0.25) is 0 Å². The highest BCUT2D eigenvalue weighted by atomic mass is 16.4. The van der Waals surface area contributed by atoms with E-state index in [-0.39, 0.29) is 12.6 Å². The first-order valence-electron chi connectivity index (χ1n) is 5.67. The van der Waals surface area contributed by atoms with Crippen LogP contribution in [0.25, 0.3) is 0 Å². The smallest absolute Gasteiger partial charge is 0.315 e. The molecule has 2 amide bonds. The number of rotatable bonds is 6. The van der Waals surface area contributed by atoms with Gasteiger partial charge in [0, 0.05) is 6.54 Å². The van der Waals surface area contributed by atoms with Crippen LogP contribution < -0.4 is 10.6 Å². The van der Waals surface area contributed by atoms with Crippen LogP contribution in [0, 0.1) is 5.92 Å². The summed E-state index contributed by atoms with van der Waals surface area (Å²) < 4.78 is 0. The first-order chi connectivity index (χ1) is 8.54. The van der Waals surface area contributed by atoms with Crippen LogP contribution >= 0.6 is 0 Å². The van der Waals surface area contributed by atoms with Gasteiger partial charge in [0.05, 0.1) is 12.0 Å². The monoisotopic (exact) mass is 255 g/mol. The highest BCUT2D eigenvalue weighted by molar-refractivity contribution is 5.76. The zero-order chi connectivity index (χ0) is 13.5. The number of carboxylic acid groups (broad SMARTS) is 1. The number of aromatic amines is 1. The van der Waals surface area contributed by atoms with Crippen molar-refractivity contribution in [3.8, 4) is 0 Å². The molecule has 0 bridgehead atoms. The third-order valence-corrected chi connectivity index (χ3v) is 2.54. The molecule has 1 heterocycles. The van der Waals surface area contributed by atoms with E-state index in [2.05, 4.69) is 25.8 Å². The highest BCUT2D eigenvalue weighted by Crippen LogP contribution is 2.04. The molecule has 0 radical (unpaired) electrons. The zero-order valence-corrected chi connectivity index (χ0v) is 10.3. The lowest BCUT2D eigenvalue weighted by Gasteiger charge is -2.14. The molecule has 2 atom stereocenters. The van der Waals surface area contributed by atoms with Gasteiger partial charge in [-0.3, -0.25) is 9.89 Å². The summed E-state index contributed by atoms with van der Waals surface area (Å²) in [6, 6.07) is -0.754. The summed E-state index contributed by atoms with van der Waals surface area (Å²) in [7, 11) is 0. The molecule has 0 aliphatic carbocycles. The molecule has 2 unspecified atom stereocenters. The van der Waals surface area contributed by atoms with E-state index in [1.807, 2.05) is 0 Å². The maximum absolute atomic E-state index is 11.5. The molecule has 8 nitrogen and oxygen atoms in total. The van der Waals surface area contributed by atoms with Crippen LogP contribution in [0.4, 0.5) is 4.79 Å². The summed E-state index contributed by atoms with van der Waals surface area (Å²) in [5, 5.41) is 20.3. The molecule has 4 N–H and O–H groups in total. The molecular weight excluding hydrogens is 238 g/mol. The molecule has 0 aliphatic rings. The van der Waals surface area contributed by atoms with E-state index < -0.39 is 17.9 Å². The van der Waals surface area contributed by atoms with Crippen molar-refractivity contribution in [2.24, 2.45) is 5.92 Å². The first-order valence-corrected chi connectivity index (χ1v) is 5.67. The van der Waals surface area contributed by atoms with Gasteiger partial charge in [0.25, 0.3) is 0 Å². The Balaban J connectivity index is 2.35. The molecule has 18 heavy (non-hydrogen) atoms. The molecule has 1 rings (SSSR count). The minimum Gasteiger partial charge on any atom is -0.481 e. The largest absolute Gasteiger partial charge is 0.481 e. The molecule has 0 saturated heterocycles. The van der Waals surface area contributed by atoms with E-state index in [9.17, 15) is 9.59 Å². The molecule has 1 aromatic rings. The van der Waals surface area contributed by atoms with Crippen molar-refractivity contribution in [1.82, 2.24) is 25.8 Å². The van der Waals surface area contributed by atoms with Crippen LogP contribution in [0.1, 0.15) is 32.1 Å². The topological polar surface area (TPSA) is 120 Å². The number of urea groups is 1. The first kappa shape index (κ1) is 13.9. The van der Waals surface area contributed by atoms with Gasteiger partial charge in [-0.1, -0.05) is 6.92 Å². The van der Waals surface area contributed by atoms with Gasteiger partial charge < -0.3 is 15.7 Å². The van der Waals surface area contributed by atoms with Crippen molar-refractivity contribution in [2.45, 2.75) is 26.3 Å². The molecule has 100 valence electrons. The number of aliphatic carboxylic acids is 1. The second kappa shape index (κ2) is 6.58. The molecule has 0 aromatic carbocycles. The van der Waals surface area contributed by atoms with Gasteiger partial charge in [0.15, 0.2) is 0 Å². The summed E-state index contributed by atoms with van der Waals surface area (Å²) in [5.74, 6) is -0.951. The number of nitrogens with one attached hydrogen (secondary N) is 3. The Kier molecular flexibility index (Phi) is 5.09. The van der Waals surface area contributed by atoms with Crippen LogP contribution in [0.2, 0.25) is 0 Å². The normalized spacial score (nSPS) is 13.7. The van der Waals surface area contributed by atoms with E-state index in [1.54, 1.807) is 13.8 Å². The van der Waals surface area contributed by atoms with Gasteiger partial charge in [-0.2, -0.15) is 5.10 Å². The number of carbonyl (C=O) groups excluding carboxylic acids is 1. The standard InChI is InChI=1S/C10H17N5O3/c1-3-7(9(16)17)4-11-10(18)14-6(2)8-12-5-13-15-8/h5-7H,3-4H2,1-2H3,(H,16,17)(H2,11,14,18)(H,12,13,15). The fourth-order valence-electron chi connectivity index (χ4n) is 1.36. The Morgan fingerprint density at radius 2 is 2.28 bits per heavy atom. The summed E-state index contributed by atoms with van der Waals surface area (Å²) in [5.41, 5.74) is 0. The SMILES string of the molecule is CCC(CNC(=O)NC(C)c1ncn[nH]1)C(=O)O. The van der Waals surface area contributed by atoms with Crippen LogP contribution in [-0.2, 0) is 4.79 Å². The van der Waals surface area contributed by atoms with Gasteiger partial charge in [-0.15, -0.1) is 0 Å². The molecule has 0 fully saturated rings. The van der Waals surface area contributed by atoms with Crippen molar-refractivity contribution < 1.29 is 14.7 Å². The molecule has 1 aromatic heterocycles. The number of nitrogens with zero attached hydrogens (tertiary/aromatic N) is 2. The van der Waals surface area contributed by atoms with Crippen molar-refractivity contribution in [3.05, 3.63) is 12.2 Å². The van der Waals surface area contributed by atoms with E-state index in [0.717, 1.165) is 0 Å². The number of H-pyrrole nitrogens is 1. The molecule has 0 aliphatic heterocycles. The highest BCUT2D eigenvalue weighted by Gasteiger charge is 2.17. The lowest BCUT2D eigenvalue weighted by atomic mass is 10.1. The lowest BCUT2D eigenvalue weighted by Crippen LogP contribution is -2.41. The Hall–Kier alpha value is -2.12. The number of hydrogen-bond donors (Lipinski definition) is 4. The van der Waals surface area contributed by atoms with Gasteiger partial charge in [0.1, 0.15) is 12.2 Å². The minimum atomic E-state index is -0.916. The average molecular weight is 255 g/mol. The predicted octanol–water partition coefficient (Wildman–Crippen LogP) is 0.276.